The van der Waals surface area contributed by atoms with Crippen LogP contribution in [0, 0.1) is 5.92 Å². The zero-order valence-corrected chi connectivity index (χ0v) is 10.6. The number of rotatable bonds is 3. The molecule has 17 heavy (non-hydrogen) atoms. The molecule has 4 nitrogen and oxygen atoms in total. The molecule has 2 heterocycles. The van der Waals surface area contributed by atoms with Crippen LogP contribution in [-0.2, 0) is 7.05 Å². The number of carbonyl (C=O) groups excluding carboxylic acids is 1. The third kappa shape index (κ3) is 2.88. The number of nitrogens with zero attached hydrogens (tertiary/aromatic N) is 2. The summed E-state index contributed by atoms with van der Waals surface area (Å²) < 4.78 is 1.87. The van der Waals surface area contributed by atoms with Crippen LogP contribution in [0.2, 0.25) is 0 Å². The van der Waals surface area contributed by atoms with Crippen molar-refractivity contribution >= 4 is 5.91 Å². The van der Waals surface area contributed by atoms with Gasteiger partial charge in [-0.2, -0.15) is 0 Å². The molecule has 0 aromatic carbocycles. The van der Waals surface area contributed by atoms with E-state index in [1.165, 1.54) is 12.8 Å². The molecule has 0 aliphatic carbocycles. The number of aryl methyl sites for hydroxylation is 1. The molecule has 0 bridgehead atoms. The summed E-state index contributed by atoms with van der Waals surface area (Å²) in [6.07, 6.45) is 4.35. The first-order valence-electron chi connectivity index (χ1n) is 6.26. The van der Waals surface area contributed by atoms with Gasteiger partial charge in [0, 0.05) is 26.8 Å². The van der Waals surface area contributed by atoms with Gasteiger partial charge in [0.1, 0.15) is 5.69 Å². The summed E-state index contributed by atoms with van der Waals surface area (Å²) in [4.78, 5) is 14.0. The van der Waals surface area contributed by atoms with Crippen LogP contribution in [0.5, 0.6) is 0 Å². The Labute approximate surface area is 103 Å². The van der Waals surface area contributed by atoms with E-state index < -0.39 is 0 Å². The molecular weight excluding hydrogens is 214 g/mol. The summed E-state index contributed by atoms with van der Waals surface area (Å²) in [6, 6.07) is 3.78. The van der Waals surface area contributed by atoms with E-state index in [-0.39, 0.29) is 5.91 Å². The van der Waals surface area contributed by atoms with Gasteiger partial charge in [0.2, 0.25) is 0 Å². The Morgan fingerprint density at radius 3 is 3.06 bits per heavy atom. The molecule has 1 aromatic heterocycles. The molecule has 2 rings (SSSR count). The van der Waals surface area contributed by atoms with E-state index in [9.17, 15) is 4.79 Å². The quantitative estimate of drug-likeness (QED) is 0.851. The standard InChI is InChI=1S/C13H21N3O/c1-15-8-4-6-12(15)13(17)16(2)10-11-5-3-7-14-9-11/h4,6,8,11,14H,3,5,7,9-10H2,1-2H3. The zero-order valence-electron chi connectivity index (χ0n) is 10.6. The van der Waals surface area contributed by atoms with Crippen molar-refractivity contribution in [3.63, 3.8) is 0 Å². The van der Waals surface area contributed by atoms with Gasteiger partial charge in [0.15, 0.2) is 0 Å². The van der Waals surface area contributed by atoms with Gasteiger partial charge in [-0.05, 0) is 44.0 Å². The molecule has 1 aliphatic rings. The number of piperidine rings is 1. The van der Waals surface area contributed by atoms with Gasteiger partial charge in [0.05, 0.1) is 0 Å². The molecule has 0 spiro atoms. The summed E-state index contributed by atoms with van der Waals surface area (Å²) >= 11 is 0. The predicted molar refractivity (Wildman–Crippen MR) is 68.0 cm³/mol. The highest BCUT2D eigenvalue weighted by Crippen LogP contribution is 2.12. The van der Waals surface area contributed by atoms with Gasteiger partial charge in [-0.1, -0.05) is 0 Å². The van der Waals surface area contributed by atoms with E-state index in [0.29, 0.717) is 5.92 Å². The fraction of sp³-hybridized carbons (Fsp3) is 0.615. The van der Waals surface area contributed by atoms with Crippen molar-refractivity contribution in [1.29, 1.82) is 0 Å². The van der Waals surface area contributed by atoms with E-state index in [2.05, 4.69) is 5.32 Å². The van der Waals surface area contributed by atoms with Crippen LogP contribution < -0.4 is 5.32 Å². The molecule has 0 saturated carbocycles. The van der Waals surface area contributed by atoms with Crippen LogP contribution >= 0.6 is 0 Å². The van der Waals surface area contributed by atoms with Crippen molar-refractivity contribution in [2.45, 2.75) is 12.8 Å². The van der Waals surface area contributed by atoms with E-state index in [0.717, 1.165) is 25.3 Å². The third-order valence-corrected chi connectivity index (χ3v) is 3.44. The van der Waals surface area contributed by atoms with Crippen molar-refractivity contribution in [3.8, 4) is 0 Å². The molecule has 1 saturated heterocycles. The van der Waals surface area contributed by atoms with E-state index in [1.807, 2.05) is 41.9 Å². The largest absolute Gasteiger partial charge is 0.347 e. The maximum absolute atomic E-state index is 12.2. The molecule has 1 aromatic rings. The molecule has 1 fully saturated rings. The molecule has 4 heteroatoms. The fourth-order valence-corrected chi connectivity index (χ4v) is 2.43. The minimum Gasteiger partial charge on any atom is -0.347 e. The van der Waals surface area contributed by atoms with Gasteiger partial charge in [0.25, 0.3) is 5.91 Å². The van der Waals surface area contributed by atoms with Crippen LogP contribution in [0.25, 0.3) is 0 Å². The molecule has 94 valence electrons. The lowest BCUT2D eigenvalue weighted by atomic mass is 9.99. The Morgan fingerprint density at radius 1 is 1.65 bits per heavy atom. The predicted octanol–water partition coefficient (Wildman–Crippen LogP) is 1.10. The Morgan fingerprint density at radius 2 is 2.47 bits per heavy atom. The minimum absolute atomic E-state index is 0.114. The van der Waals surface area contributed by atoms with Gasteiger partial charge >= 0.3 is 0 Å². The second kappa shape index (κ2) is 5.36. The Kier molecular flexibility index (Phi) is 3.84. The van der Waals surface area contributed by atoms with E-state index >= 15 is 0 Å². The van der Waals surface area contributed by atoms with Crippen LogP contribution in [0.1, 0.15) is 23.3 Å². The minimum atomic E-state index is 0.114. The molecule has 1 N–H and O–H groups in total. The summed E-state index contributed by atoms with van der Waals surface area (Å²) in [7, 11) is 3.80. The van der Waals surface area contributed by atoms with Crippen molar-refractivity contribution in [1.82, 2.24) is 14.8 Å². The SMILES string of the molecule is CN(CC1CCCNC1)C(=O)c1cccn1C. The van der Waals surface area contributed by atoms with Crippen molar-refractivity contribution in [3.05, 3.63) is 24.0 Å². The Bertz CT molecular complexity index is 380. The lowest BCUT2D eigenvalue weighted by molar-refractivity contribution is 0.0755. The van der Waals surface area contributed by atoms with Gasteiger partial charge in [-0.15, -0.1) is 0 Å². The maximum Gasteiger partial charge on any atom is 0.270 e. The first-order chi connectivity index (χ1) is 8.18. The van der Waals surface area contributed by atoms with Crippen molar-refractivity contribution in [2.24, 2.45) is 13.0 Å². The molecule has 1 unspecified atom stereocenters. The molecular formula is C13H21N3O. The second-order valence-corrected chi connectivity index (χ2v) is 4.90. The van der Waals surface area contributed by atoms with Crippen molar-refractivity contribution in [2.75, 3.05) is 26.7 Å². The Balaban J connectivity index is 1.93. The molecule has 0 radical (unpaired) electrons. The maximum atomic E-state index is 12.2. The van der Waals surface area contributed by atoms with E-state index in [4.69, 9.17) is 0 Å². The highest BCUT2D eigenvalue weighted by atomic mass is 16.2. The second-order valence-electron chi connectivity index (χ2n) is 4.90. The summed E-state index contributed by atoms with van der Waals surface area (Å²) in [5.74, 6) is 0.709. The van der Waals surface area contributed by atoms with Gasteiger partial charge in [-0.3, -0.25) is 4.79 Å². The van der Waals surface area contributed by atoms with E-state index in [1.54, 1.807) is 0 Å². The number of hydrogen-bond acceptors (Lipinski definition) is 2. The van der Waals surface area contributed by atoms with Gasteiger partial charge in [-0.25, -0.2) is 0 Å². The topological polar surface area (TPSA) is 37.3 Å². The number of amides is 1. The summed E-state index contributed by atoms with van der Waals surface area (Å²) in [5, 5.41) is 3.38. The number of hydrogen-bond donors (Lipinski definition) is 1. The highest BCUT2D eigenvalue weighted by Gasteiger charge is 2.19. The summed E-state index contributed by atoms with van der Waals surface area (Å²) in [6.45, 7) is 2.99. The monoisotopic (exact) mass is 235 g/mol. The normalized spacial score (nSPS) is 20.2. The third-order valence-electron chi connectivity index (χ3n) is 3.44. The van der Waals surface area contributed by atoms with Crippen LogP contribution in [0.3, 0.4) is 0 Å². The van der Waals surface area contributed by atoms with Crippen molar-refractivity contribution < 1.29 is 4.79 Å². The average molecular weight is 235 g/mol. The van der Waals surface area contributed by atoms with Gasteiger partial charge < -0.3 is 14.8 Å². The lowest BCUT2D eigenvalue weighted by Crippen LogP contribution is -2.39. The fourth-order valence-electron chi connectivity index (χ4n) is 2.43. The molecule has 1 atom stereocenters. The smallest absolute Gasteiger partial charge is 0.270 e. The first kappa shape index (κ1) is 12.2. The number of carbonyl (C=O) groups is 1. The molecule has 1 amide bonds. The number of nitrogens with one attached hydrogen (secondary N) is 1. The molecule has 1 aliphatic heterocycles. The first-order valence-corrected chi connectivity index (χ1v) is 6.26. The number of aromatic nitrogens is 1. The zero-order chi connectivity index (χ0) is 12.3. The van der Waals surface area contributed by atoms with Crippen LogP contribution in [0.15, 0.2) is 18.3 Å². The Hall–Kier alpha value is -1.29. The van der Waals surface area contributed by atoms with Crippen LogP contribution in [-0.4, -0.2) is 42.1 Å². The lowest BCUT2D eigenvalue weighted by Gasteiger charge is -2.27. The highest BCUT2D eigenvalue weighted by molar-refractivity contribution is 5.92. The average Bonchev–Trinajstić information content (AvgIpc) is 2.76. The summed E-state index contributed by atoms with van der Waals surface area (Å²) in [5.41, 5.74) is 0.760. The van der Waals surface area contributed by atoms with Crippen LogP contribution in [0.4, 0.5) is 0 Å².